The summed E-state index contributed by atoms with van der Waals surface area (Å²) in [5.41, 5.74) is 13.0. The molecule has 4 aliphatic rings. The number of carbonyl (C=O) groups is 3. The molecule has 6 heteroatoms. The summed E-state index contributed by atoms with van der Waals surface area (Å²) < 4.78 is 0. The summed E-state index contributed by atoms with van der Waals surface area (Å²) in [7, 11) is 0. The fraction of sp³-hybridized carbons (Fsp3) is 0.413. The van der Waals surface area contributed by atoms with Crippen LogP contribution in [0.5, 0.6) is 0 Å². The molecule has 0 radical (unpaired) electrons. The molecule has 69 heavy (non-hydrogen) atoms. The van der Waals surface area contributed by atoms with Gasteiger partial charge < -0.3 is 5.11 Å². The number of aliphatic hydroxyl groups is 1. The Morgan fingerprint density at radius 3 is 1.62 bits per heavy atom. The van der Waals surface area contributed by atoms with E-state index in [4.69, 9.17) is 0 Å². The van der Waals surface area contributed by atoms with E-state index >= 15 is 0 Å². The molecule has 2 aromatic heterocycles. The zero-order chi connectivity index (χ0) is 48.0. The SMILES string of the molecule is CCC[C@@]1(O)CC[C@@]2(Cc3ccccc3)c3ccc(C(=O)Cc4cccnc4C)cc3CCC[C@H]2C1.Cc1ncccc1CC(=O)c1ccc2c(c1)CCC[C@H]1CC(=O)CC[C@@]21Cc1ccccc1. The molecule has 356 valence electrons. The number of Topliss-reactive ketones (excluding diaryl/α,β-unsaturated/α-hetero) is 3. The van der Waals surface area contributed by atoms with Crippen molar-refractivity contribution in [1.82, 2.24) is 9.97 Å². The molecule has 1 N–H and O–H groups in total. The number of rotatable bonds is 12. The number of carbonyl (C=O) groups excluding carboxylic acids is 3. The predicted octanol–water partition coefficient (Wildman–Crippen LogP) is 13.0. The van der Waals surface area contributed by atoms with Crippen LogP contribution in [0, 0.1) is 25.7 Å². The molecule has 6 nitrogen and oxygen atoms in total. The third-order valence-electron chi connectivity index (χ3n) is 16.8. The van der Waals surface area contributed by atoms with E-state index in [1.165, 1.54) is 33.4 Å². The standard InChI is InChI=1S/C33H39NO2.C30H31NO2/c1-3-16-32(36)17-18-33(22-25-9-5-4-6-10-25)29(23-32)13-7-11-27-20-28(14-15-30(27)33)31(35)21-26-12-8-19-34-24(26)2;1-21-23(10-6-16-31-21)18-29(33)25-12-13-28-24(17-25)9-5-11-26-19-27(32)14-15-30(26,28)20-22-7-3-2-4-8-22/h4-6,8-10,12,14-15,19-20,29,36H,3,7,11,13,16-18,21-23H2,1-2H3;2-4,6-8,10,12-13,16-17,26H,5,9,11,14-15,18-20H2,1H3/t29-,32+,33-;26-,30-/m00/s1. The monoisotopic (exact) mass is 919 g/mol. The van der Waals surface area contributed by atoms with E-state index in [1.54, 1.807) is 12.4 Å². The molecular weight excluding hydrogens is 849 g/mol. The number of hydrogen-bond donors (Lipinski definition) is 1. The summed E-state index contributed by atoms with van der Waals surface area (Å²) in [6, 6.07) is 42.2. The number of pyridine rings is 2. The summed E-state index contributed by atoms with van der Waals surface area (Å²) in [6.07, 6.45) is 19.5. The van der Waals surface area contributed by atoms with Crippen molar-refractivity contribution in [3.05, 3.63) is 201 Å². The van der Waals surface area contributed by atoms with Crippen LogP contribution in [-0.2, 0) is 54.1 Å². The average Bonchev–Trinajstić information content (AvgIpc) is 3.60. The van der Waals surface area contributed by atoms with Crippen LogP contribution < -0.4 is 0 Å². The quantitative estimate of drug-likeness (QED) is 0.123. The number of aryl methyl sites for hydroxylation is 4. The highest BCUT2D eigenvalue weighted by atomic mass is 16.3. The van der Waals surface area contributed by atoms with Crippen molar-refractivity contribution in [2.75, 3.05) is 0 Å². The van der Waals surface area contributed by atoms with Crippen molar-refractivity contribution in [2.45, 2.75) is 153 Å². The number of fused-ring (bicyclic) bond motifs is 6. The molecule has 5 atom stereocenters. The van der Waals surface area contributed by atoms with Crippen molar-refractivity contribution in [2.24, 2.45) is 11.8 Å². The Hall–Kier alpha value is -5.85. The maximum absolute atomic E-state index is 13.3. The lowest BCUT2D eigenvalue weighted by atomic mass is 9.55. The Labute approximate surface area is 410 Å². The molecule has 10 rings (SSSR count). The van der Waals surface area contributed by atoms with Crippen LogP contribution in [0.25, 0.3) is 0 Å². The van der Waals surface area contributed by atoms with Gasteiger partial charge in [0.15, 0.2) is 11.6 Å². The Balaban J connectivity index is 0.000000172. The van der Waals surface area contributed by atoms with Gasteiger partial charge >= 0.3 is 0 Å². The topological polar surface area (TPSA) is 97.2 Å². The Kier molecular flexibility index (Phi) is 14.7. The third kappa shape index (κ3) is 10.5. The van der Waals surface area contributed by atoms with Crippen molar-refractivity contribution in [3.8, 4) is 0 Å². The van der Waals surface area contributed by atoms with E-state index in [9.17, 15) is 19.5 Å². The lowest BCUT2D eigenvalue weighted by Gasteiger charge is -2.50. The summed E-state index contributed by atoms with van der Waals surface area (Å²) in [4.78, 5) is 47.6. The van der Waals surface area contributed by atoms with Crippen LogP contribution in [0.15, 0.2) is 134 Å². The van der Waals surface area contributed by atoms with Gasteiger partial charge in [-0.05, 0) is 178 Å². The van der Waals surface area contributed by atoms with Crippen molar-refractivity contribution < 1.29 is 19.5 Å². The second-order valence-corrected chi connectivity index (χ2v) is 21.2. The van der Waals surface area contributed by atoms with Crippen molar-refractivity contribution in [3.63, 3.8) is 0 Å². The van der Waals surface area contributed by atoms with E-state index in [0.717, 1.165) is 124 Å². The Morgan fingerprint density at radius 2 is 1.12 bits per heavy atom. The fourth-order valence-corrected chi connectivity index (χ4v) is 13.2. The van der Waals surface area contributed by atoms with Gasteiger partial charge in [0.2, 0.25) is 0 Å². The van der Waals surface area contributed by atoms with Crippen LogP contribution in [0.1, 0.15) is 161 Å². The first kappa shape index (κ1) is 48.2. The summed E-state index contributed by atoms with van der Waals surface area (Å²) in [5.74, 6) is 1.54. The van der Waals surface area contributed by atoms with Crippen molar-refractivity contribution >= 4 is 17.3 Å². The zero-order valence-corrected chi connectivity index (χ0v) is 41.2. The number of nitrogens with zero attached hydrogens (tertiary/aromatic N) is 2. The number of aromatic nitrogens is 2. The first-order chi connectivity index (χ1) is 33.5. The third-order valence-corrected chi connectivity index (χ3v) is 16.8. The first-order valence-electron chi connectivity index (χ1n) is 25.9. The first-order valence-corrected chi connectivity index (χ1v) is 25.9. The van der Waals surface area contributed by atoms with E-state index in [1.807, 2.05) is 44.2 Å². The largest absolute Gasteiger partial charge is 0.390 e. The van der Waals surface area contributed by atoms with Crippen LogP contribution in [0.3, 0.4) is 0 Å². The fourth-order valence-electron chi connectivity index (χ4n) is 13.2. The Morgan fingerprint density at radius 1 is 0.609 bits per heavy atom. The average molecular weight is 919 g/mol. The predicted molar refractivity (Wildman–Crippen MR) is 276 cm³/mol. The lowest BCUT2D eigenvalue weighted by Crippen LogP contribution is -2.49. The van der Waals surface area contributed by atoms with Gasteiger partial charge in [-0.3, -0.25) is 24.4 Å². The second-order valence-electron chi connectivity index (χ2n) is 21.2. The summed E-state index contributed by atoms with van der Waals surface area (Å²) in [6.45, 7) is 6.10. The van der Waals surface area contributed by atoms with Gasteiger partial charge in [-0.2, -0.15) is 0 Å². The molecule has 0 amide bonds. The van der Waals surface area contributed by atoms with Gasteiger partial charge in [0, 0.05) is 71.4 Å². The summed E-state index contributed by atoms with van der Waals surface area (Å²) >= 11 is 0. The molecule has 6 aromatic rings. The number of ketones is 3. The minimum atomic E-state index is -0.540. The minimum Gasteiger partial charge on any atom is -0.390 e. The number of benzene rings is 4. The molecule has 0 saturated heterocycles. The molecule has 0 unspecified atom stereocenters. The van der Waals surface area contributed by atoms with Gasteiger partial charge in [0.05, 0.1) is 5.60 Å². The second kappa shape index (κ2) is 21.0. The highest BCUT2D eigenvalue weighted by Gasteiger charge is 2.51. The lowest BCUT2D eigenvalue weighted by molar-refractivity contribution is -0.123. The van der Waals surface area contributed by atoms with Crippen LogP contribution in [0.4, 0.5) is 0 Å². The van der Waals surface area contributed by atoms with Gasteiger partial charge in [-0.15, -0.1) is 0 Å². The van der Waals surface area contributed by atoms with Gasteiger partial charge in [-0.1, -0.05) is 110 Å². The zero-order valence-electron chi connectivity index (χ0n) is 41.2. The highest BCUT2D eigenvalue weighted by Crippen LogP contribution is 2.55. The molecule has 0 spiro atoms. The van der Waals surface area contributed by atoms with Gasteiger partial charge in [-0.25, -0.2) is 0 Å². The van der Waals surface area contributed by atoms with E-state index < -0.39 is 5.60 Å². The maximum atomic E-state index is 13.3. The van der Waals surface area contributed by atoms with Crippen LogP contribution >= 0.6 is 0 Å². The van der Waals surface area contributed by atoms with E-state index in [0.29, 0.717) is 43.3 Å². The molecule has 2 saturated carbocycles. The minimum absolute atomic E-state index is 0.00861. The molecular formula is C63H70N2O4. The molecule has 0 aliphatic heterocycles. The Bertz CT molecular complexity index is 2780. The molecule has 0 bridgehead atoms. The van der Waals surface area contributed by atoms with Crippen molar-refractivity contribution in [1.29, 1.82) is 0 Å². The van der Waals surface area contributed by atoms with Gasteiger partial charge in [0.1, 0.15) is 5.78 Å². The highest BCUT2D eigenvalue weighted by molar-refractivity contribution is 5.98. The molecule has 4 aliphatic carbocycles. The smallest absolute Gasteiger partial charge is 0.167 e. The van der Waals surface area contributed by atoms with E-state index in [2.05, 4.69) is 108 Å². The maximum Gasteiger partial charge on any atom is 0.167 e. The molecule has 2 fully saturated rings. The normalized spacial score (nSPS) is 23.9. The molecule has 4 aromatic carbocycles. The van der Waals surface area contributed by atoms with Crippen LogP contribution in [0.2, 0.25) is 0 Å². The van der Waals surface area contributed by atoms with E-state index in [-0.39, 0.29) is 22.4 Å². The van der Waals surface area contributed by atoms with Crippen LogP contribution in [-0.4, -0.2) is 38.0 Å². The summed E-state index contributed by atoms with van der Waals surface area (Å²) in [5, 5.41) is 11.5. The van der Waals surface area contributed by atoms with Gasteiger partial charge in [0.25, 0.3) is 0 Å². The molecule has 2 heterocycles. The number of hydrogen-bond acceptors (Lipinski definition) is 6.